The van der Waals surface area contributed by atoms with Gasteiger partial charge in [0.15, 0.2) is 11.5 Å². The Labute approximate surface area is 69.7 Å². The molecule has 1 radical (unpaired) electrons. The highest BCUT2D eigenvalue weighted by atomic mass is 35.5. The van der Waals surface area contributed by atoms with Crippen LogP contribution in [-0.2, 0) is 0 Å². The molecule has 0 fully saturated rings. The predicted octanol–water partition coefficient (Wildman–Crippen LogP) is 1.91. The molecule has 1 aliphatic heterocycles. The Hall–Kier alpha value is -0.890. The van der Waals surface area contributed by atoms with Gasteiger partial charge in [0.2, 0.25) is 0 Å². The minimum atomic E-state index is 0.585. The molecule has 0 aromatic heterocycles. The molecule has 11 heavy (non-hydrogen) atoms. The predicted molar refractivity (Wildman–Crippen MR) is 41.3 cm³/mol. The van der Waals surface area contributed by atoms with Gasteiger partial charge in [-0.2, -0.15) is 0 Å². The average Bonchev–Trinajstić information content (AvgIpc) is 2.04. The second kappa shape index (κ2) is 2.62. The van der Waals surface area contributed by atoms with Crippen molar-refractivity contribution in [2.24, 2.45) is 0 Å². The summed E-state index contributed by atoms with van der Waals surface area (Å²) in [6, 6.07) is 6.27. The van der Waals surface area contributed by atoms with E-state index in [1.54, 1.807) is 12.1 Å². The Morgan fingerprint density at radius 2 is 2.18 bits per heavy atom. The number of rotatable bonds is 0. The third-order valence-corrected chi connectivity index (χ3v) is 1.64. The van der Waals surface area contributed by atoms with Crippen LogP contribution in [0.1, 0.15) is 0 Å². The van der Waals surface area contributed by atoms with Gasteiger partial charge in [-0.15, -0.1) is 0 Å². The van der Waals surface area contributed by atoms with Crippen molar-refractivity contribution in [1.29, 1.82) is 0 Å². The molecule has 0 amide bonds. The van der Waals surface area contributed by atoms with Gasteiger partial charge >= 0.3 is 0 Å². The van der Waals surface area contributed by atoms with Crippen LogP contribution >= 0.6 is 11.6 Å². The maximum absolute atomic E-state index is 5.71. The van der Waals surface area contributed by atoms with Gasteiger partial charge in [0.25, 0.3) is 0 Å². The van der Waals surface area contributed by atoms with Gasteiger partial charge in [0, 0.05) is 17.2 Å². The standard InChI is InChI=1S/C8H6ClO2/c9-6-1-2-7-8(5-6)11-4-3-10-7/h1,5H,3-4H2. The molecular formula is C8H6ClO2. The van der Waals surface area contributed by atoms with Crippen LogP contribution in [0.4, 0.5) is 0 Å². The van der Waals surface area contributed by atoms with E-state index in [1.807, 2.05) is 0 Å². The normalized spacial score (nSPS) is 14.6. The summed E-state index contributed by atoms with van der Waals surface area (Å²) in [5, 5.41) is 0.620. The molecule has 0 aliphatic carbocycles. The van der Waals surface area contributed by atoms with E-state index < -0.39 is 0 Å². The number of benzene rings is 1. The van der Waals surface area contributed by atoms with Gasteiger partial charge in [0.05, 0.1) is 0 Å². The fraction of sp³-hybridized carbons (Fsp3) is 0.250. The lowest BCUT2D eigenvalue weighted by molar-refractivity contribution is 0.171. The minimum Gasteiger partial charge on any atom is -0.486 e. The van der Waals surface area contributed by atoms with Gasteiger partial charge in [-0.3, -0.25) is 0 Å². The van der Waals surface area contributed by atoms with E-state index in [1.165, 1.54) is 0 Å². The summed E-state index contributed by atoms with van der Waals surface area (Å²) in [4.78, 5) is 0. The van der Waals surface area contributed by atoms with E-state index in [4.69, 9.17) is 21.1 Å². The van der Waals surface area contributed by atoms with Gasteiger partial charge in [-0.1, -0.05) is 11.6 Å². The first-order valence-corrected chi connectivity index (χ1v) is 3.71. The lowest BCUT2D eigenvalue weighted by Crippen LogP contribution is -2.15. The molecule has 2 nitrogen and oxygen atoms in total. The molecule has 0 saturated carbocycles. The molecule has 0 saturated heterocycles. The fourth-order valence-corrected chi connectivity index (χ4v) is 1.11. The number of hydrogen-bond donors (Lipinski definition) is 0. The van der Waals surface area contributed by atoms with Crippen molar-refractivity contribution < 1.29 is 9.47 Å². The molecule has 0 spiro atoms. The SMILES string of the molecule is Clc1c[c]c2c(c1)OCCO2. The Bertz CT molecular complexity index is 273. The summed E-state index contributed by atoms with van der Waals surface area (Å²) >= 11 is 5.71. The van der Waals surface area contributed by atoms with Gasteiger partial charge in [-0.05, 0) is 6.07 Å². The van der Waals surface area contributed by atoms with Crippen LogP contribution in [-0.4, -0.2) is 13.2 Å². The second-order valence-electron chi connectivity index (χ2n) is 2.21. The van der Waals surface area contributed by atoms with E-state index in [9.17, 15) is 0 Å². The van der Waals surface area contributed by atoms with E-state index in [0.29, 0.717) is 29.7 Å². The molecule has 1 aromatic carbocycles. The maximum atomic E-state index is 5.71. The Kier molecular flexibility index (Phi) is 1.62. The maximum Gasteiger partial charge on any atom is 0.169 e. The first-order chi connectivity index (χ1) is 5.36. The third-order valence-electron chi connectivity index (χ3n) is 1.42. The molecule has 1 aromatic rings. The van der Waals surface area contributed by atoms with Gasteiger partial charge in [-0.25, -0.2) is 0 Å². The van der Waals surface area contributed by atoms with Crippen LogP contribution in [0.5, 0.6) is 11.5 Å². The van der Waals surface area contributed by atoms with Crippen LogP contribution < -0.4 is 9.47 Å². The summed E-state index contributed by atoms with van der Waals surface area (Å²) < 4.78 is 10.5. The van der Waals surface area contributed by atoms with Gasteiger partial charge < -0.3 is 9.47 Å². The van der Waals surface area contributed by atoms with Crippen molar-refractivity contribution in [2.75, 3.05) is 13.2 Å². The van der Waals surface area contributed by atoms with Crippen molar-refractivity contribution >= 4 is 11.6 Å². The summed E-state index contributed by atoms with van der Waals surface area (Å²) in [6.45, 7) is 1.17. The Morgan fingerprint density at radius 1 is 1.36 bits per heavy atom. The number of ether oxygens (including phenoxy) is 2. The quantitative estimate of drug-likeness (QED) is 0.591. The van der Waals surface area contributed by atoms with Crippen molar-refractivity contribution in [3.8, 4) is 11.5 Å². The van der Waals surface area contributed by atoms with Crippen molar-refractivity contribution in [3.63, 3.8) is 0 Å². The molecule has 57 valence electrons. The highest BCUT2D eigenvalue weighted by molar-refractivity contribution is 6.30. The zero-order chi connectivity index (χ0) is 7.68. The van der Waals surface area contributed by atoms with Crippen molar-refractivity contribution in [1.82, 2.24) is 0 Å². The highest BCUT2D eigenvalue weighted by Crippen LogP contribution is 2.31. The van der Waals surface area contributed by atoms with Crippen molar-refractivity contribution in [2.45, 2.75) is 0 Å². The molecule has 0 unspecified atom stereocenters. The molecule has 1 aliphatic rings. The molecule has 0 N–H and O–H groups in total. The first kappa shape index (κ1) is 6.80. The average molecular weight is 170 g/mol. The molecule has 0 atom stereocenters. The molecule has 1 heterocycles. The van der Waals surface area contributed by atoms with Crippen LogP contribution in [0.25, 0.3) is 0 Å². The number of fused-ring (bicyclic) bond motifs is 1. The summed E-state index contributed by atoms with van der Waals surface area (Å²) in [6.07, 6.45) is 0. The summed E-state index contributed by atoms with van der Waals surface area (Å²) in [7, 11) is 0. The zero-order valence-electron chi connectivity index (χ0n) is 5.76. The largest absolute Gasteiger partial charge is 0.486 e. The minimum absolute atomic E-state index is 0.585. The monoisotopic (exact) mass is 169 g/mol. The lowest BCUT2D eigenvalue weighted by Gasteiger charge is -2.17. The topological polar surface area (TPSA) is 18.5 Å². The smallest absolute Gasteiger partial charge is 0.169 e. The van der Waals surface area contributed by atoms with E-state index in [0.717, 1.165) is 0 Å². The highest BCUT2D eigenvalue weighted by Gasteiger charge is 2.10. The number of hydrogen-bond acceptors (Lipinski definition) is 2. The van der Waals surface area contributed by atoms with Crippen LogP contribution in [0.15, 0.2) is 12.1 Å². The van der Waals surface area contributed by atoms with Crippen LogP contribution in [0.2, 0.25) is 5.02 Å². The fourth-order valence-electron chi connectivity index (χ4n) is 0.953. The Morgan fingerprint density at radius 3 is 3.09 bits per heavy atom. The van der Waals surface area contributed by atoms with E-state index in [-0.39, 0.29) is 0 Å². The summed E-state index contributed by atoms with van der Waals surface area (Å²) in [5.41, 5.74) is 0. The van der Waals surface area contributed by atoms with Gasteiger partial charge in [0.1, 0.15) is 13.2 Å². The van der Waals surface area contributed by atoms with Crippen molar-refractivity contribution in [3.05, 3.63) is 23.2 Å². The molecular weight excluding hydrogens is 164 g/mol. The summed E-state index contributed by atoms with van der Waals surface area (Å²) in [5.74, 6) is 1.34. The second-order valence-corrected chi connectivity index (χ2v) is 2.64. The third kappa shape index (κ3) is 1.26. The first-order valence-electron chi connectivity index (χ1n) is 3.33. The van der Waals surface area contributed by atoms with Crippen LogP contribution in [0, 0.1) is 6.07 Å². The Balaban J connectivity index is 2.43. The van der Waals surface area contributed by atoms with Crippen LogP contribution in [0.3, 0.4) is 0 Å². The molecule has 3 heteroatoms. The molecule has 0 bridgehead atoms. The van der Waals surface area contributed by atoms with E-state index in [2.05, 4.69) is 6.07 Å². The molecule has 2 rings (SSSR count). The zero-order valence-corrected chi connectivity index (χ0v) is 6.52. The number of halogens is 1. The lowest BCUT2D eigenvalue weighted by atomic mass is 10.3. The van der Waals surface area contributed by atoms with E-state index >= 15 is 0 Å².